The van der Waals surface area contributed by atoms with Crippen LogP contribution in [-0.4, -0.2) is 45.4 Å². The molecule has 1 fully saturated rings. The minimum atomic E-state index is -3.46. The average molecular weight is 404 g/mol. The molecule has 2 aromatic carbocycles. The van der Waals surface area contributed by atoms with Crippen LogP contribution in [0.1, 0.15) is 18.4 Å². The van der Waals surface area contributed by atoms with Crippen molar-refractivity contribution < 1.29 is 22.7 Å². The van der Waals surface area contributed by atoms with Crippen LogP contribution >= 0.6 is 0 Å². The predicted molar refractivity (Wildman–Crippen MR) is 106 cm³/mol. The fourth-order valence-electron chi connectivity index (χ4n) is 3.02. The van der Waals surface area contributed by atoms with Crippen LogP contribution in [-0.2, 0) is 14.8 Å². The first-order valence-corrected chi connectivity index (χ1v) is 10.5. The summed E-state index contributed by atoms with van der Waals surface area (Å²) in [7, 11) is -1.92. The van der Waals surface area contributed by atoms with Crippen molar-refractivity contribution in [3.63, 3.8) is 0 Å². The molecule has 0 radical (unpaired) electrons. The van der Waals surface area contributed by atoms with Crippen molar-refractivity contribution in [3.8, 4) is 11.5 Å². The zero-order valence-corrected chi connectivity index (χ0v) is 16.8. The summed E-state index contributed by atoms with van der Waals surface area (Å²) in [6.07, 6.45) is 1.78. The number of benzene rings is 2. The van der Waals surface area contributed by atoms with E-state index in [2.05, 4.69) is 5.32 Å². The summed E-state index contributed by atoms with van der Waals surface area (Å²) < 4.78 is 37.3. The first-order valence-electron chi connectivity index (χ1n) is 9.07. The Morgan fingerprint density at radius 1 is 1.07 bits per heavy atom. The molecule has 7 nitrogen and oxygen atoms in total. The van der Waals surface area contributed by atoms with Crippen LogP contribution in [0.5, 0.6) is 11.5 Å². The molecule has 0 aromatic heterocycles. The van der Waals surface area contributed by atoms with Gasteiger partial charge in [-0.2, -0.15) is 4.31 Å². The second-order valence-corrected chi connectivity index (χ2v) is 8.56. The number of rotatable bonds is 7. The molecule has 0 unspecified atom stereocenters. The lowest BCUT2D eigenvalue weighted by Gasteiger charge is -2.15. The van der Waals surface area contributed by atoms with Gasteiger partial charge in [0.1, 0.15) is 0 Å². The molecule has 28 heavy (non-hydrogen) atoms. The largest absolute Gasteiger partial charge is 0.493 e. The van der Waals surface area contributed by atoms with Gasteiger partial charge in [-0.05, 0) is 61.7 Å². The van der Waals surface area contributed by atoms with Crippen LogP contribution in [0.15, 0.2) is 47.4 Å². The summed E-state index contributed by atoms with van der Waals surface area (Å²) in [4.78, 5) is 12.4. The zero-order chi connectivity index (χ0) is 20.1. The van der Waals surface area contributed by atoms with Crippen molar-refractivity contribution in [2.75, 3.05) is 32.1 Å². The number of nitrogens with one attached hydrogen (secondary N) is 1. The second-order valence-electron chi connectivity index (χ2n) is 6.63. The van der Waals surface area contributed by atoms with Crippen LogP contribution in [0, 0.1) is 6.92 Å². The highest BCUT2D eigenvalue weighted by atomic mass is 32.2. The van der Waals surface area contributed by atoms with E-state index < -0.39 is 10.0 Å². The fourth-order valence-corrected chi connectivity index (χ4v) is 4.54. The first kappa shape index (κ1) is 20.2. The van der Waals surface area contributed by atoms with Gasteiger partial charge in [0.05, 0.1) is 12.0 Å². The van der Waals surface area contributed by atoms with Crippen molar-refractivity contribution in [1.82, 2.24) is 4.31 Å². The molecule has 0 spiro atoms. The number of amides is 1. The molecule has 1 saturated heterocycles. The summed E-state index contributed by atoms with van der Waals surface area (Å²) in [5.74, 6) is 0.692. The monoisotopic (exact) mass is 404 g/mol. The topological polar surface area (TPSA) is 84.9 Å². The van der Waals surface area contributed by atoms with Gasteiger partial charge < -0.3 is 14.8 Å². The summed E-state index contributed by atoms with van der Waals surface area (Å²) in [5, 5.41) is 2.70. The summed E-state index contributed by atoms with van der Waals surface area (Å²) in [5.41, 5.74) is 1.53. The molecule has 150 valence electrons. The number of carbonyl (C=O) groups is 1. The van der Waals surface area contributed by atoms with E-state index in [0.717, 1.165) is 18.4 Å². The van der Waals surface area contributed by atoms with Crippen molar-refractivity contribution in [2.45, 2.75) is 24.7 Å². The molecule has 2 aromatic rings. The first-order chi connectivity index (χ1) is 13.4. The Labute approximate surface area is 165 Å². The number of methoxy groups -OCH3 is 1. The van der Waals surface area contributed by atoms with Crippen LogP contribution in [0.2, 0.25) is 0 Å². The molecular weight excluding hydrogens is 380 g/mol. The number of aryl methyl sites for hydroxylation is 1. The molecule has 1 N–H and O–H groups in total. The minimum absolute atomic E-state index is 0.187. The molecule has 3 rings (SSSR count). The van der Waals surface area contributed by atoms with Gasteiger partial charge in [0, 0.05) is 18.8 Å². The molecule has 0 atom stereocenters. The van der Waals surface area contributed by atoms with Crippen LogP contribution in [0.3, 0.4) is 0 Å². The third kappa shape index (κ3) is 4.63. The summed E-state index contributed by atoms with van der Waals surface area (Å²) in [6.45, 7) is 2.86. The molecule has 0 bridgehead atoms. The maximum absolute atomic E-state index is 12.5. The number of hydrogen-bond acceptors (Lipinski definition) is 5. The summed E-state index contributed by atoms with van der Waals surface area (Å²) in [6, 6.07) is 11.6. The molecule has 1 heterocycles. The Morgan fingerprint density at radius 3 is 2.39 bits per heavy atom. The molecule has 8 heteroatoms. The maximum atomic E-state index is 12.5. The van der Waals surface area contributed by atoms with Gasteiger partial charge in [0.2, 0.25) is 10.0 Å². The standard InChI is InChI=1S/C20H24N2O5S/c1-15-5-10-18(19(13-15)26-2)27-14-20(23)21-16-6-8-17(9-7-16)28(24,25)22-11-3-4-12-22/h5-10,13H,3-4,11-12,14H2,1-2H3,(H,21,23). The number of ether oxygens (including phenoxy) is 2. The van der Waals surface area contributed by atoms with Gasteiger partial charge in [-0.25, -0.2) is 8.42 Å². The molecule has 1 aliphatic heterocycles. The van der Waals surface area contributed by atoms with Gasteiger partial charge in [-0.3, -0.25) is 4.79 Å². The lowest BCUT2D eigenvalue weighted by atomic mass is 10.2. The normalized spacial score (nSPS) is 14.6. The molecule has 0 aliphatic carbocycles. The van der Waals surface area contributed by atoms with E-state index in [-0.39, 0.29) is 17.4 Å². The van der Waals surface area contributed by atoms with E-state index in [4.69, 9.17) is 9.47 Å². The third-order valence-corrected chi connectivity index (χ3v) is 6.43. The quantitative estimate of drug-likeness (QED) is 0.767. The number of nitrogens with zero attached hydrogens (tertiary/aromatic N) is 1. The van der Waals surface area contributed by atoms with Crippen molar-refractivity contribution in [2.24, 2.45) is 0 Å². The molecule has 1 amide bonds. The SMILES string of the molecule is COc1cc(C)ccc1OCC(=O)Nc1ccc(S(=O)(=O)N2CCCC2)cc1. The van der Waals surface area contributed by atoms with Crippen LogP contribution < -0.4 is 14.8 Å². The van der Waals surface area contributed by atoms with Crippen molar-refractivity contribution in [1.29, 1.82) is 0 Å². The lowest BCUT2D eigenvalue weighted by molar-refractivity contribution is -0.118. The van der Waals surface area contributed by atoms with Gasteiger partial charge >= 0.3 is 0 Å². The number of carbonyl (C=O) groups excluding carboxylic acids is 1. The fraction of sp³-hybridized carbons (Fsp3) is 0.350. The highest BCUT2D eigenvalue weighted by Gasteiger charge is 2.26. The molecular formula is C20H24N2O5S. The Bertz CT molecular complexity index is 936. The van der Waals surface area contributed by atoms with E-state index in [9.17, 15) is 13.2 Å². The highest BCUT2D eigenvalue weighted by molar-refractivity contribution is 7.89. The number of hydrogen-bond donors (Lipinski definition) is 1. The van der Waals surface area contributed by atoms with E-state index in [1.807, 2.05) is 19.1 Å². The number of anilines is 1. The van der Waals surface area contributed by atoms with E-state index in [1.165, 1.54) is 16.4 Å². The number of sulfonamides is 1. The van der Waals surface area contributed by atoms with Gasteiger partial charge in [0.25, 0.3) is 5.91 Å². The van der Waals surface area contributed by atoms with Gasteiger partial charge in [-0.1, -0.05) is 6.07 Å². The van der Waals surface area contributed by atoms with Crippen molar-refractivity contribution >= 4 is 21.6 Å². The predicted octanol–water partition coefficient (Wildman–Crippen LogP) is 2.81. The van der Waals surface area contributed by atoms with Crippen LogP contribution in [0.4, 0.5) is 5.69 Å². The van der Waals surface area contributed by atoms with Gasteiger partial charge in [-0.15, -0.1) is 0 Å². The highest BCUT2D eigenvalue weighted by Crippen LogP contribution is 2.27. The van der Waals surface area contributed by atoms with Crippen molar-refractivity contribution in [3.05, 3.63) is 48.0 Å². The second kappa shape index (κ2) is 8.62. The Kier molecular flexibility index (Phi) is 6.21. The van der Waals surface area contributed by atoms with Gasteiger partial charge in [0.15, 0.2) is 18.1 Å². The smallest absolute Gasteiger partial charge is 0.262 e. The Morgan fingerprint density at radius 2 is 1.75 bits per heavy atom. The third-order valence-electron chi connectivity index (χ3n) is 4.52. The Balaban J connectivity index is 1.59. The maximum Gasteiger partial charge on any atom is 0.262 e. The molecule has 0 saturated carbocycles. The van der Waals surface area contributed by atoms with E-state index >= 15 is 0 Å². The van der Waals surface area contributed by atoms with E-state index in [1.54, 1.807) is 25.3 Å². The summed E-state index contributed by atoms with van der Waals surface area (Å²) >= 11 is 0. The Hall–Kier alpha value is -2.58. The lowest BCUT2D eigenvalue weighted by Crippen LogP contribution is -2.27. The minimum Gasteiger partial charge on any atom is -0.493 e. The molecule has 1 aliphatic rings. The zero-order valence-electron chi connectivity index (χ0n) is 16.0. The van der Waals surface area contributed by atoms with Crippen LogP contribution in [0.25, 0.3) is 0 Å². The average Bonchev–Trinajstić information content (AvgIpc) is 3.23. The van der Waals surface area contributed by atoms with E-state index in [0.29, 0.717) is 30.3 Å².